The predicted octanol–water partition coefficient (Wildman–Crippen LogP) is 3.81. The Labute approximate surface area is 164 Å². The first kappa shape index (κ1) is 22.3. The second-order valence-electron chi connectivity index (χ2n) is 5.77. The molecule has 11 heteroatoms. The van der Waals surface area contributed by atoms with Crippen molar-refractivity contribution in [2.45, 2.75) is 31.7 Å². The summed E-state index contributed by atoms with van der Waals surface area (Å²) in [6.07, 6.45) is 1.61. The Morgan fingerprint density at radius 1 is 1.32 bits per heavy atom. The number of carbonyl (C=O) groups excluding carboxylic acids is 1. The molecule has 1 aromatic heterocycles. The van der Waals surface area contributed by atoms with E-state index in [1.165, 1.54) is 23.5 Å². The molecular formula is C17H18F3NO5S2. The molecule has 1 heterocycles. The van der Waals surface area contributed by atoms with E-state index in [1.54, 1.807) is 26.1 Å². The molecule has 1 atom stereocenters. The van der Waals surface area contributed by atoms with Crippen molar-refractivity contribution < 1.29 is 35.3 Å². The standard InChI is InChI=1S/C17H18F3NO5S2/c1-3-25-10-13(22)8-15(16-9-21-11(2)27-16)12-5-4-6-14(7-12)26-28(23,24)17(18,19)20/h4-7,9,15H,3,8,10H2,1-2H3. The number of halogens is 3. The van der Waals surface area contributed by atoms with E-state index in [4.69, 9.17) is 4.74 Å². The molecule has 2 aromatic rings. The fourth-order valence-corrected chi connectivity index (χ4v) is 3.75. The SMILES string of the molecule is CCOCC(=O)CC(c1cccc(OS(=O)(=O)C(F)(F)F)c1)c1cnc(C)s1. The van der Waals surface area contributed by atoms with Crippen LogP contribution in [0, 0.1) is 6.92 Å². The summed E-state index contributed by atoms with van der Waals surface area (Å²) in [5.41, 5.74) is -5.10. The summed E-state index contributed by atoms with van der Waals surface area (Å²) in [5, 5.41) is 0.754. The highest BCUT2D eigenvalue weighted by Crippen LogP contribution is 2.35. The van der Waals surface area contributed by atoms with Crippen molar-refractivity contribution in [3.05, 3.63) is 45.9 Å². The Balaban J connectivity index is 2.34. The number of hydrogen-bond donors (Lipinski definition) is 0. The zero-order valence-electron chi connectivity index (χ0n) is 15.0. The normalized spacial score (nSPS) is 13.3. The number of hydrogen-bond acceptors (Lipinski definition) is 7. The monoisotopic (exact) mass is 437 g/mol. The van der Waals surface area contributed by atoms with Gasteiger partial charge in [0.2, 0.25) is 0 Å². The zero-order chi connectivity index (χ0) is 20.9. The van der Waals surface area contributed by atoms with E-state index in [0.29, 0.717) is 12.2 Å². The topological polar surface area (TPSA) is 82.6 Å². The van der Waals surface area contributed by atoms with Crippen LogP contribution in [0.2, 0.25) is 0 Å². The van der Waals surface area contributed by atoms with Crippen molar-refractivity contribution >= 4 is 27.2 Å². The van der Waals surface area contributed by atoms with E-state index < -0.39 is 27.3 Å². The number of ketones is 1. The van der Waals surface area contributed by atoms with Crippen LogP contribution in [-0.2, 0) is 19.6 Å². The number of aryl methyl sites for hydroxylation is 1. The molecule has 0 saturated carbocycles. The van der Waals surface area contributed by atoms with Crippen molar-refractivity contribution in [1.29, 1.82) is 0 Å². The molecule has 0 amide bonds. The Kier molecular flexibility index (Phi) is 7.18. The number of Topliss-reactive ketones (excluding diaryl/α,β-unsaturated/α-hetero) is 1. The molecule has 1 unspecified atom stereocenters. The first-order valence-corrected chi connectivity index (χ1v) is 10.4. The summed E-state index contributed by atoms with van der Waals surface area (Å²) in [6, 6.07) is 5.23. The second-order valence-corrected chi connectivity index (χ2v) is 8.57. The van der Waals surface area contributed by atoms with E-state index >= 15 is 0 Å². The summed E-state index contributed by atoms with van der Waals surface area (Å²) in [4.78, 5) is 17.1. The largest absolute Gasteiger partial charge is 0.534 e. The van der Waals surface area contributed by atoms with Gasteiger partial charge in [0.1, 0.15) is 12.4 Å². The van der Waals surface area contributed by atoms with Gasteiger partial charge in [-0.05, 0) is 31.5 Å². The fraction of sp³-hybridized carbons (Fsp3) is 0.412. The van der Waals surface area contributed by atoms with Crippen LogP contribution < -0.4 is 4.18 Å². The Bertz CT molecular complexity index is 925. The maximum absolute atomic E-state index is 12.6. The van der Waals surface area contributed by atoms with E-state index in [9.17, 15) is 26.4 Å². The molecule has 6 nitrogen and oxygen atoms in total. The maximum atomic E-state index is 12.6. The average molecular weight is 437 g/mol. The lowest BCUT2D eigenvalue weighted by molar-refractivity contribution is -0.123. The molecular weight excluding hydrogens is 419 g/mol. The van der Waals surface area contributed by atoms with Crippen LogP contribution in [0.5, 0.6) is 5.75 Å². The van der Waals surface area contributed by atoms with Gasteiger partial charge in [0.15, 0.2) is 5.78 Å². The molecule has 154 valence electrons. The molecule has 0 fully saturated rings. The van der Waals surface area contributed by atoms with Gasteiger partial charge in [0.25, 0.3) is 0 Å². The predicted molar refractivity (Wildman–Crippen MR) is 96.9 cm³/mol. The lowest BCUT2D eigenvalue weighted by Crippen LogP contribution is -2.28. The van der Waals surface area contributed by atoms with Gasteiger partial charge in [-0.3, -0.25) is 4.79 Å². The van der Waals surface area contributed by atoms with Gasteiger partial charge in [0, 0.05) is 30.0 Å². The summed E-state index contributed by atoms with van der Waals surface area (Å²) >= 11 is 1.34. The second kappa shape index (κ2) is 9.01. The molecule has 0 saturated heterocycles. The highest BCUT2D eigenvalue weighted by atomic mass is 32.2. The third-order valence-corrected chi connectivity index (χ3v) is 5.64. The summed E-state index contributed by atoms with van der Waals surface area (Å²) in [7, 11) is -5.79. The third kappa shape index (κ3) is 5.76. The number of nitrogens with zero attached hydrogens (tertiary/aromatic N) is 1. The number of ether oxygens (including phenoxy) is 1. The molecule has 0 aliphatic carbocycles. The van der Waals surface area contributed by atoms with Crippen LogP contribution >= 0.6 is 11.3 Å². The molecule has 0 aliphatic heterocycles. The number of alkyl halides is 3. The van der Waals surface area contributed by atoms with Gasteiger partial charge in [-0.1, -0.05) is 12.1 Å². The van der Waals surface area contributed by atoms with Crippen molar-refractivity contribution in [2.75, 3.05) is 13.2 Å². The van der Waals surface area contributed by atoms with Crippen molar-refractivity contribution in [3.8, 4) is 5.75 Å². The molecule has 0 bridgehead atoms. The Morgan fingerprint density at radius 3 is 2.61 bits per heavy atom. The summed E-state index contributed by atoms with van der Waals surface area (Å²) < 4.78 is 69.5. The minimum atomic E-state index is -5.79. The van der Waals surface area contributed by atoms with Gasteiger partial charge in [-0.25, -0.2) is 4.98 Å². The average Bonchev–Trinajstić information content (AvgIpc) is 3.02. The Hall–Kier alpha value is -1.98. The molecule has 0 radical (unpaired) electrons. The van der Waals surface area contributed by atoms with E-state index in [2.05, 4.69) is 9.17 Å². The zero-order valence-corrected chi connectivity index (χ0v) is 16.7. The smallest absolute Gasteiger partial charge is 0.376 e. The van der Waals surface area contributed by atoms with Gasteiger partial charge >= 0.3 is 15.6 Å². The molecule has 2 rings (SSSR count). The molecule has 0 spiro atoms. The fourth-order valence-electron chi connectivity index (χ4n) is 2.38. The van der Waals surface area contributed by atoms with Crippen LogP contribution in [0.3, 0.4) is 0 Å². The first-order valence-electron chi connectivity index (χ1n) is 8.16. The summed E-state index contributed by atoms with van der Waals surface area (Å²) in [5.74, 6) is -1.21. The highest BCUT2D eigenvalue weighted by molar-refractivity contribution is 7.88. The van der Waals surface area contributed by atoms with Gasteiger partial charge in [0.05, 0.1) is 5.01 Å². The van der Waals surface area contributed by atoms with Crippen molar-refractivity contribution in [3.63, 3.8) is 0 Å². The number of thiazole rings is 1. The van der Waals surface area contributed by atoms with Crippen LogP contribution in [0.4, 0.5) is 13.2 Å². The minimum Gasteiger partial charge on any atom is -0.376 e. The van der Waals surface area contributed by atoms with Crippen LogP contribution in [0.25, 0.3) is 0 Å². The quantitative estimate of drug-likeness (QED) is 0.438. The molecule has 0 N–H and O–H groups in total. The van der Waals surface area contributed by atoms with Crippen LogP contribution in [0.1, 0.15) is 34.7 Å². The lowest BCUT2D eigenvalue weighted by atomic mass is 9.92. The van der Waals surface area contributed by atoms with Crippen molar-refractivity contribution in [1.82, 2.24) is 4.98 Å². The maximum Gasteiger partial charge on any atom is 0.534 e. The van der Waals surface area contributed by atoms with Crippen LogP contribution in [0.15, 0.2) is 30.5 Å². The van der Waals surface area contributed by atoms with E-state index in [-0.39, 0.29) is 18.8 Å². The van der Waals surface area contributed by atoms with Gasteiger partial charge < -0.3 is 8.92 Å². The molecule has 28 heavy (non-hydrogen) atoms. The Morgan fingerprint density at radius 2 is 2.04 bits per heavy atom. The van der Waals surface area contributed by atoms with Gasteiger partial charge in [-0.15, -0.1) is 11.3 Å². The number of carbonyl (C=O) groups is 1. The number of aromatic nitrogens is 1. The van der Waals surface area contributed by atoms with Crippen molar-refractivity contribution in [2.24, 2.45) is 0 Å². The summed E-state index contributed by atoms with van der Waals surface area (Å²) in [6.45, 7) is 3.81. The lowest BCUT2D eigenvalue weighted by Gasteiger charge is -2.16. The third-order valence-electron chi connectivity index (χ3n) is 3.63. The van der Waals surface area contributed by atoms with Crippen LogP contribution in [-0.4, -0.2) is 37.9 Å². The van der Waals surface area contributed by atoms with Gasteiger partial charge in [-0.2, -0.15) is 21.6 Å². The highest BCUT2D eigenvalue weighted by Gasteiger charge is 2.48. The van der Waals surface area contributed by atoms with E-state index in [0.717, 1.165) is 16.0 Å². The number of rotatable bonds is 9. The number of benzene rings is 1. The molecule has 1 aromatic carbocycles. The minimum absolute atomic E-state index is 0.0249. The molecule has 0 aliphatic rings. The first-order chi connectivity index (χ1) is 13.0. The van der Waals surface area contributed by atoms with E-state index in [1.807, 2.05) is 0 Å².